The van der Waals surface area contributed by atoms with Gasteiger partial charge in [-0.1, -0.05) is 24.3 Å². The number of fused-ring (bicyclic) bond motifs is 3. The first-order chi connectivity index (χ1) is 18.0. The van der Waals surface area contributed by atoms with Crippen LogP contribution in [0.3, 0.4) is 0 Å². The van der Waals surface area contributed by atoms with Crippen molar-refractivity contribution in [2.75, 3.05) is 38.5 Å². The van der Waals surface area contributed by atoms with Gasteiger partial charge < -0.3 is 15.5 Å². The Morgan fingerprint density at radius 1 is 1.08 bits per heavy atom. The number of piperazine rings is 1. The lowest BCUT2D eigenvalue weighted by atomic mass is 10.0. The number of hydrogen-bond donors (Lipinski definition) is 3. The number of nitrogens with zero attached hydrogens (tertiary/aromatic N) is 3. The van der Waals surface area contributed by atoms with E-state index in [9.17, 15) is 4.79 Å². The van der Waals surface area contributed by atoms with E-state index >= 15 is 0 Å². The maximum atomic E-state index is 12.3. The van der Waals surface area contributed by atoms with Gasteiger partial charge in [-0.3, -0.25) is 10.00 Å². The Balaban J connectivity index is 1.11. The van der Waals surface area contributed by atoms with Crippen molar-refractivity contribution in [3.8, 4) is 21.8 Å². The molecule has 8 heteroatoms. The number of likely N-dealkylation sites (N-methyl/N-ethyl adjacent to an activating group) is 1. The minimum Gasteiger partial charge on any atom is -0.333 e. The van der Waals surface area contributed by atoms with Crippen molar-refractivity contribution >= 4 is 23.1 Å². The van der Waals surface area contributed by atoms with Gasteiger partial charge in [0.2, 0.25) is 0 Å². The lowest BCUT2D eigenvalue weighted by molar-refractivity contribution is 0.148. The highest BCUT2D eigenvalue weighted by molar-refractivity contribution is 7.15. The Labute approximate surface area is 221 Å². The van der Waals surface area contributed by atoms with Crippen molar-refractivity contribution in [1.82, 2.24) is 25.3 Å². The summed E-state index contributed by atoms with van der Waals surface area (Å²) in [7, 11) is 2.19. The minimum atomic E-state index is -0.203. The second-order valence-electron chi connectivity index (χ2n) is 10.1. The number of carbonyl (C=O) groups is 1. The molecule has 1 saturated heterocycles. The van der Waals surface area contributed by atoms with Crippen LogP contribution in [0.2, 0.25) is 0 Å². The fourth-order valence-electron chi connectivity index (χ4n) is 5.19. The highest BCUT2D eigenvalue weighted by Crippen LogP contribution is 2.42. The Morgan fingerprint density at radius 3 is 2.78 bits per heavy atom. The van der Waals surface area contributed by atoms with E-state index in [4.69, 9.17) is 5.10 Å². The van der Waals surface area contributed by atoms with Gasteiger partial charge in [-0.15, -0.1) is 11.3 Å². The molecule has 3 heterocycles. The molecule has 1 aliphatic carbocycles. The number of aromatic amines is 1. The molecule has 7 nitrogen and oxygen atoms in total. The molecule has 0 radical (unpaired) electrons. The number of aryl methyl sites for hydroxylation is 1. The standard InChI is InChI=1S/C29H32N6OS/c1-19-4-3-5-22(14-19)31-29(36)30-17-23-8-9-26(37-23)28-25-16-21-7-6-20(15-24(21)27(25)32-33-28)18-35-12-10-34(2)11-13-35/h3-9,14-15H,10-13,16-18H2,1-2H3,(H,32,33)(H2,30,31,36). The van der Waals surface area contributed by atoms with Crippen LogP contribution in [-0.2, 0) is 19.5 Å². The monoisotopic (exact) mass is 512 g/mol. The maximum absolute atomic E-state index is 12.3. The number of carbonyl (C=O) groups excluding carboxylic acids is 1. The van der Waals surface area contributed by atoms with Crippen LogP contribution in [0.5, 0.6) is 0 Å². The zero-order valence-electron chi connectivity index (χ0n) is 21.3. The molecular weight excluding hydrogens is 480 g/mol. The van der Waals surface area contributed by atoms with Crippen molar-refractivity contribution in [2.24, 2.45) is 0 Å². The molecule has 3 N–H and O–H groups in total. The highest BCUT2D eigenvalue weighted by atomic mass is 32.1. The molecule has 37 heavy (non-hydrogen) atoms. The van der Waals surface area contributed by atoms with Crippen molar-refractivity contribution in [2.45, 2.75) is 26.4 Å². The summed E-state index contributed by atoms with van der Waals surface area (Å²) in [4.78, 5) is 19.5. The molecule has 0 unspecified atom stereocenters. The number of benzene rings is 2. The molecule has 6 rings (SSSR count). The minimum absolute atomic E-state index is 0.203. The van der Waals surface area contributed by atoms with Crippen LogP contribution in [0, 0.1) is 6.92 Å². The van der Waals surface area contributed by atoms with Gasteiger partial charge >= 0.3 is 6.03 Å². The maximum Gasteiger partial charge on any atom is 0.319 e. The third kappa shape index (κ3) is 5.18. The van der Waals surface area contributed by atoms with Crippen molar-refractivity contribution in [1.29, 1.82) is 0 Å². The Morgan fingerprint density at radius 2 is 1.95 bits per heavy atom. The van der Waals surface area contributed by atoms with Crippen LogP contribution in [0.4, 0.5) is 10.5 Å². The quantitative estimate of drug-likeness (QED) is 0.296. The van der Waals surface area contributed by atoms with Crippen molar-refractivity contribution in [3.05, 3.63) is 81.7 Å². The van der Waals surface area contributed by atoms with E-state index in [0.29, 0.717) is 6.54 Å². The van der Waals surface area contributed by atoms with Gasteiger partial charge in [0.15, 0.2) is 0 Å². The molecule has 2 aromatic heterocycles. The SMILES string of the molecule is Cc1cccc(NC(=O)NCc2ccc(-c3[nH]nc4c3Cc3ccc(CN5CCN(C)CC5)cc3-4)s2)c1. The van der Waals surface area contributed by atoms with E-state index in [1.165, 1.54) is 22.3 Å². The van der Waals surface area contributed by atoms with Crippen LogP contribution < -0.4 is 10.6 Å². The molecular formula is C29H32N6OS. The zero-order chi connectivity index (χ0) is 25.4. The Bertz CT molecular complexity index is 1430. The van der Waals surface area contributed by atoms with Gasteiger partial charge in [0, 0.05) is 60.8 Å². The van der Waals surface area contributed by atoms with E-state index in [-0.39, 0.29) is 6.03 Å². The summed E-state index contributed by atoms with van der Waals surface area (Å²) in [5.74, 6) is 0. The molecule has 4 aromatic rings. The first-order valence-corrected chi connectivity index (χ1v) is 13.6. The topological polar surface area (TPSA) is 76.3 Å². The summed E-state index contributed by atoms with van der Waals surface area (Å²) in [5, 5.41) is 13.9. The van der Waals surface area contributed by atoms with Gasteiger partial charge in [-0.2, -0.15) is 5.10 Å². The van der Waals surface area contributed by atoms with Crippen LogP contribution in [0.25, 0.3) is 21.8 Å². The van der Waals surface area contributed by atoms with Crippen molar-refractivity contribution in [3.63, 3.8) is 0 Å². The molecule has 0 spiro atoms. The fraction of sp³-hybridized carbons (Fsp3) is 0.310. The van der Waals surface area contributed by atoms with Crippen LogP contribution in [0.1, 0.15) is 27.1 Å². The predicted molar refractivity (Wildman–Crippen MR) is 150 cm³/mol. The van der Waals surface area contributed by atoms with E-state index < -0.39 is 0 Å². The van der Waals surface area contributed by atoms with Gasteiger partial charge in [0.25, 0.3) is 0 Å². The first kappa shape index (κ1) is 23.9. The highest BCUT2D eigenvalue weighted by Gasteiger charge is 2.26. The fourth-order valence-corrected chi connectivity index (χ4v) is 6.16. The summed E-state index contributed by atoms with van der Waals surface area (Å²) in [6, 6.07) is 18.7. The van der Waals surface area contributed by atoms with Crippen molar-refractivity contribution < 1.29 is 4.79 Å². The van der Waals surface area contributed by atoms with Gasteiger partial charge in [-0.05, 0) is 61.0 Å². The number of thiophene rings is 1. The molecule has 0 bridgehead atoms. The summed E-state index contributed by atoms with van der Waals surface area (Å²) >= 11 is 1.69. The molecule has 0 atom stereocenters. The molecule has 2 aliphatic rings. The van der Waals surface area contributed by atoms with E-state index in [2.05, 4.69) is 62.9 Å². The van der Waals surface area contributed by atoms with E-state index in [1.54, 1.807) is 11.3 Å². The van der Waals surface area contributed by atoms with E-state index in [1.807, 2.05) is 31.2 Å². The lowest BCUT2D eigenvalue weighted by Gasteiger charge is -2.32. The van der Waals surface area contributed by atoms with Gasteiger partial charge in [0.1, 0.15) is 0 Å². The number of amides is 2. The molecule has 190 valence electrons. The van der Waals surface area contributed by atoms with Crippen LogP contribution in [0.15, 0.2) is 54.6 Å². The number of hydrogen-bond acceptors (Lipinski definition) is 5. The van der Waals surface area contributed by atoms with Gasteiger partial charge in [-0.25, -0.2) is 4.79 Å². The molecule has 1 aliphatic heterocycles. The number of nitrogens with one attached hydrogen (secondary N) is 3. The molecule has 1 fully saturated rings. The third-order valence-corrected chi connectivity index (χ3v) is 8.38. The average molecular weight is 513 g/mol. The largest absolute Gasteiger partial charge is 0.333 e. The summed E-state index contributed by atoms with van der Waals surface area (Å²) < 4.78 is 0. The van der Waals surface area contributed by atoms with Crippen LogP contribution in [-0.4, -0.2) is 59.3 Å². The normalized spacial score (nSPS) is 15.4. The summed E-state index contributed by atoms with van der Waals surface area (Å²) in [6.07, 6.45) is 0.898. The molecule has 0 saturated carbocycles. The first-order valence-electron chi connectivity index (χ1n) is 12.8. The average Bonchev–Trinajstić information content (AvgIpc) is 3.60. The summed E-state index contributed by atoms with van der Waals surface area (Å²) in [6.45, 7) is 7.99. The number of aromatic nitrogens is 2. The number of H-pyrrole nitrogens is 1. The summed E-state index contributed by atoms with van der Waals surface area (Å²) in [5.41, 5.74) is 9.31. The second kappa shape index (κ2) is 10.1. The lowest BCUT2D eigenvalue weighted by Crippen LogP contribution is -2.43. The second-order valence-corrected chi connectivity index (χ2v) is 11.3. The smallest absolute Gasteiger partial charge is 0.319 e. The molecule has 2 aromatic carbocycles. The Kier molecular flexibility index (Phi) is 6.54. The number of rotatable bonds is 6. The van der Waals surface area contributed by atoms with Crippen LogP contribution >= 0.6 is 11.3 Å². The molecule has 2 amide bonds. The third-order valence-electron chi connectivity index (χ3n) is 7.27. The number of urea groups is 1. The number of anilines is 1. The van der Waals surface area contributed by atoms with Gasteiger partial charge in [0.05, 0.1) is 22.8 Å². The zero-order valence-corrected chi connectivity index (χ0v) is 22.1. The van der Waals surface area contributed by atoms with E-state index in [0.717, 1.165) is 71.5 Å². The Hall–Kier alpha value is -3.46. The predicted octanol–water partition coefficient (Wildman–Crippen LogP) is 5.09.